The molecule has 0 aliphatic rings. The molecule has 0 unspecified atom stereocenters. The highest BCUT2D eigenvalue weighted by Gasteiger charge is 1.82. The van der Waals surface area contributed by atoms with Crippen LogP contribution < -0.4 is 5.32 Å². The molecule has 1 rings (SSSR count). The van der Waals surface area contributed by atoms with Crippen LogP contribution in [-0.2, 0) is 10.3 Å². The minimum Gasteiger partial charge on any atom is -0.349 e. The van der Waals surface area contributed by atoms with E-state index in [0.717, 1.165) is 11.2 Å². The first kappa shape index (κ1) is 7.81. The third kappa shape index (κ3) is 2.86. The number of benzene rings is 1. The zero-order chi connectivity index (χ0) is 8.10. The summed E-state index contributed by atoms with van der Waals surface area (Å²) in [4.78, 5) is 0. The van der Waals surface area contributed by atoms with Crippen molar-refractivity contribution in [1.82, 2.24) is 0 Å². The van der Waals surface area contributed by atoms with E-state index in [9.17, 15) is 8.42 Å². The molecule has 0 saturated heterocycles. The molecule has 0 heterocycles. The maximum Gasteiger partial charge on any atom is 0.230 e. The molecule has 0 fully saturated rings. The molecule has 11 heavy (non-hydrogen) atoms. The van der Waals surface area contributed by atoms with Gasteiger partial charge in [-0.3, -0.25) is 0 Å². The average molecular weight is 169 g/mol. The third-order valence-electron chi connectivity index (χ3n) is 1.10. The summed E-state index contributed by atoms with van der Waals surface area (Å²) in [5, 5.41) is 2.61. The van der Waals surface area contributed by atoms with Crippen LogP contribution in [0.4, 0.5) is 5.69 Å². The largest absolute Gasteiger partial charge is 0.349 e. The Labute approximate surface area is 66.2 Å². The zero-order valence-electron chi connectivity index (χ0n) is 5.69. The monoisotopic (exact) mass is 169 g/mol. The van der Waals surface area contributed by atoms with Crippen molar-refractivity contribution in [1.29, 1.82) is 0 Å². The van der Waals surface area contributed by atoms with Crippen molar-refractivity contribution in [3.63, 3.8) is 0 Å². The van der Waals surface area contributed by atoms with Gasteiger partial charge >= 0.3 is 0 Å². The molecule has 0 radical (unpaired) electrons. The second kappa shape index (κ2) is 3.78. The molecule has 0 atom stereocenters. The van der Waals surface area contributed by atoms with Gasteiger partial charge < -0.3 is 5.32 Å². The first-order valence-corrected chi connectivity index (χ1v) is 4.16. The van der Waals surface area contributed by atoms with Crippen LogP contribution >= 0.6 is 0 Å². The molecule has 3 nitrogen and oxygen atoms in total. The maximum absolute atomic E-state index is 10.1. The van der Waals surface area contributed by atoms with Crippen molar-refractivity contribution in [3.05, 3.63) is 30.3 Å². The normalized spacial score (nSPS) is 8.73. The highest BCUT2D eigenvalue weighted by atomic mass is 32.2. The summed E-state index contributed by atoms with van der Waals surface area (Å²) in [6.45, 7) is 0. The second-order valence-electron chi connectivity index (χ2n) is 1.89. The van der Waals surface area contributed by atoms with Crippen molar-refractivity contribution in [2.24, 2.45) is 0 Å². The van der Waals surface area contributed by atoms with Crippen LogP contribution in [0.25, 0.3) is 0 Å². The van der Waals surface area contributed by atoms with E-state index >= 15 is 0 Å². The third-order valence-corrected chi connectivity index (χ3v) is 1.41. The van der Waals surface area contributed by atoms with Crippen LogP contribution in [0.15, 0.2) is 30.3 Å². The van der Waals surface area contributed by atoms with Gasteiger partial charge in [-0.1, -0.05) is 18.2 Å². The number of rotatable bonds is 2. The number of hydrogen-bond donors (Lipinski definition) is 1. The maximum atomic E-state index is 10.1. The topological polar surface area (TPSA) is 46.2 Å². The Morgan fingerprint density at radius 2 is 1.82 bits per heavy atom. The van der Waals surface area contributed by atoms with E-state index < -0.39 is 10.3 Å². The fourth-order valence-electron chi connectivity index (χ4n) is 0.651. The van der Waals surface area contributed by atoms with Crippen molar-refractivity contribution in [3.8, 4) is 0 Å². The molecular weight excluding hydrogens is 162 g/mol. The van der Waals surface area contributed by atoms with E-state index in [4.69, 9.17) is 0 Å². The van der Waals surface area contributed by atoms with Gasteiger partial charge in [0.1, 0.15) is 5.49 Å². The Balaban J connectivity index is 2.74. The van der Waals surface area contributed by atoms with Crippen LogP contribution in [-0.4, -0.2) is 13.9 Å². The molecular formula is C7H7NO2S. The van der Waals surface area contributed by atoms with E-state index in [1.165, 1.54) is 0 Å². The number of nitrogens with one attached hydrogen (secondary N) is 1. The summed E-state index contributed by atoms with van der Waals surface area (Å²) >= 11 is 0. The summed E-state index contributed by atoms with van der Waals surface area (Å²) in [7, 11) is -2.15. The highest BCUT2D eigenvalue weighted by molar-refractivity contribution is 7.71. The van der Waals surface area contributed by atoms with Gasteiger partial charge in [0.15, 0.2) is 0 Å². The number of anilines is 1. The first-order chi connectivity index (χ1) is 5.29. The van der Waals surface area contributed by atoms with Crippen molar-refractivity contribution in [2.45, 2.75) is 0 Å². The van der Waals surface area contributed by atoms with Crippen molar-refractivity contribution in [2.75, 3.05) is 5.32 Å². The average Bonchev–Trinajstić information content (AvgIpc) is 2.03. The van der Waals surface area contributed by atoms with E-state index in [2.05, 4.69) is 5.32 Å². The van der Waals surface area contributed by atoms with E-state index in [0.29, 0.717) is 0 Å². The molecule has 1 aromatic carbocycles. The Bertz CT molecular complexity index is 334. The molecule has 4 heteroatoms. The molecule has 0 aromatic heterocycles. The van der Waals surface area contributed by atoms with Gasteiger partial charge in [0.2, 0.25) is 10.3 Å². The predicted octanol–water partition coefficient (Wildman–Crippen LogP) is 0.737. The van der Waals surface area contributed by atoms with Crippen LogP contribution in [0.3, 0.4) is 0 Å². The minimum absolute atomic E-state index is 0.761. The standard InChI is InChI=1S/C7H7NO2S/c9-11(10)6-8-7-4-2-1-3-5-7/h1-6,8H. The van der Waals surface area contributed by atoms with Gasteiger partial charge in [-0.05, 0) is 12.1 Å². The van der Waals surface area contributed by atoms with Crippen LogP contribution in [0.1, 0.15) is 0 Å². The minimum atomic E-state index is -2.15. The lowest BCUT2D eigenvalue weighted by atomic mass is 10.3. The lowest BCUT2D eigenvalue weighted by Crippen LogP contribution is -1.93. The molecule has 0 spiro atoms. The molecule has 58 valence electrons. The summed E-state index contributed by atoms with van der Waals surface area (Å²) in [5.74, 6) is 0. The molecule has 1 N–H and O–H groups in total. The second-order valence-corrected chi connectivity index (χ2v) is 2.65. The molecule has 1 aromatic rings. The van der Waals surface area contributed by atoms with Gasteiger partial charge in [-0.2, -0.15) is 8.42 Å². The lowest BCUT2D eigenvalue weighted by molar-refractivity contribution is 0.627. The Kier molecular flexibility index (Phi) is 2.68. The molecule has 0 aliphatic heterocycles. The lowest BCUT2D eigenvalue weighted by Gasteiger charge is -1.94. The first-order valence-electron chi connectivity index (χ1n) is 3.02. The van der Waals surface area contributed by atoms with Gasteiger partial charge in [-0.15, -0.1) is 0 Å². The van der Waals surface area contributed by atoms with Crippen molar-refractivity contribution >= 4 is 21.5 Å². The Morgan fingerprint density at radius 1 is 1.18 bits per heavy atom. The predicted molar refractivity (Wildman–Crippen MR) is 45.0 cm³/mol. The number of hydrogen-bond acceptors (Lipinski definition) is 2. The molecule has 0 amide bonds. The quantitative estimate of drug-likeness (QED) is 0.664. The fraction of sp³-hybridized carbons (Fsp3) is 0. The fourth-order valence-corrected chi connectivity index (χ4v) is 0.883. The summed E-state index contributed by atoms with van der Waals surface area (Å²) in [6, 6.07) is 9.07. The van der Waals surface area contributed by atoms with Gasteiger partial charge in [0.25, 0.3) is 0 Å². The summed E-state index contributed by atoms with van der Waals surface area (Å²) < 4.78 is 20.1. The SMILES string of the molecule is O=S(=O)=CNc1ccccc1. The number of para-hydroxylation sites is 1. The highest BCUT2D eigenvalue weighted by Crippen LogP contribution is 2.02. The van der Waals surface area contributed by atoms with E-state index in [1.807, 2.05) is 18.2 Å². The van der Waals surface area contributed by atoms with Crippen LogP contribution in [0, 0.1) is 0 Å². The van der Waals surface area contributed by atoms with Crippen molar-refractivity contribution < 1.29 is 8.42 Å². The molecule has 0 bridgehead atoms. The smallest absolute Gasteiger partial charge is 0.230 e. The van der Waals surface area contributed by atoms with E-state index in [1.54, 1.807) is 12.1 Å². The van der Waals surface area contributed by atoms with Gasteiger partial charge in [-0.25, -0.2) is 0 Å². The molecule has 0 aliphatic carbocycles. The van der Waals surface area contributed by atoms with Gasteiger partial charge in [0, 0.05) is 5.69 Å². The Morgan fingerprint density at radius 3 is 2.36 bits per heavy atom. The van der Waals surface area contributed by atoms with Gasteiger partial charge in [0.05, 0.1) is 0 Å². The summed E-state index contributed by atoms with van der Waals surface area (Å²) in [6.07, 6.45) is 0. The van der Waals surface area contributed by atoms with Crippen LogP contribution in [0.5, 0.6) is 0 Å². The molecule has 0 saturated carbocycles. The van der Waals surface area contributed by atoms with Crippen LogP contribution in [0.2, 0.25) is 0 Å². The van der Waals surface area contributed by atoms with E-state index in [-0.39, 0.29) is 0 Å². The zero-order valence-corrected chi connectivity index (χ0v) is 6.51. The summed E-state index contributed by atoms with van der Waals surface area (Å²) in [5.41, 5.74) is 1.76. The Hall–Kier alpha value is -1.29.